The fourth-order valence-electron chi connectivity index (χ4n) is 0.233. The van der Waals surface area contributed by atoms with Crippen LogP contribution >= 0.6 is 0 Å². The third kappa shape index (κ3) is 3.30. The Morgan fingerprint density at radius 1 is 1.80 bits per heavy atom. The Kier molecular flexibility index (Phi) is 3.80. The van der Waals surface area contributed by atoms with Gasteiger partial charge < -0.3 is 0 Å². The van der Waals surface area contributed by atoms with Gasteiger partial charge in [0.2, 0.25) is 0 Å². The van der Waals surface area contributed by atoms with Crippen molar-refractivity contribution in [1.29, 1.82) is 0 Å². The maximum atomic E-state index is 10.2. The van der Waals surface area contributed by atoms with E-state index in [9.17, 15) is 4.79 Å². The van der Waals surface area contributed by atoms with E-state index >= 15 is 0 Å². The zero-order valence-corrected chi connectivity index (χ0v) is 7.88. The second-order valence-electron chi connectivity index (χ2n) is 1.37. The van der Waals surface area contributed by atoms with Gasteiger partial charge in [-0.05, 0) is 0 Å². The molecule has 0 spiro atoms. The summed E-state index contributed by atoms with van der Waals surface area (Å²) >= 11 is 0.814. The van der Waals surface area contributed by atoms with Gasteiger partial charge in [-0.15, -0.1) is 0 Å². The number of carboxylic acid groups (broad SMARTS) is 1. The molecule has 0 saturated heterocycles. The Morgan fingerprint density at radius 2 is 2.30 bits per heavy atom. The molecule has 0 amide bonds. The van der Waals surface area contributed by atoms with Gasteiger partial charge >= 0.3 is 68.5 Å². The van der Waals surface area contributed by atoms with Gasteiger partial charge in [0.25, 0.3) is 0 Å². The summed E-state index contributed by atoms with van der Waals surface area (Å²) in [6.07, 6.45) is 1.22. The third-order valence-electron chi connectivity index (χ3n) is 0.639. The van der Waals surface area contributed by atoms with E-state index in [1.165, 1.54) is 6.08 Å². The fourth-order valence-corrected chi connectivity index (χ4v) is 0.667. The van der Waals surface area contributed by atoms with Gasteiger partial charge in [0.1, 0.15) is 0 Å². The Balaban J connectivity index is 4.27. The number of hydrogen-bond donors (Lipinski definition) is 2. The van der Waals surface area contributed by atoms with E-state index in [1.807, 2.05) is 0 Å². The van der Waals surface area contributed by atoms with E-state index in [2.05, 4.69) is 4.99 Å². The Hall–Kier alpha value is -0.762. The van der Waals surface area contributed by atoms with Gasteiger partial charge in [-0.1, -0.05) is 0 Å². The van der Waals surface area contributed by atoms with Gasteiger partial charge in [0.15, 0.2) is 0 Å². The van der Waals surface area contributed by atoms with Crippen molar-refractivity contribution in [2.24, 2.45) is 10.7 Å². The summed E-state index contributed by atoms with van der Waals surface area (Å²) in [5.74, 6) is -0.978. The molecule has 0 unspecified atom stereocenters. The zero-order valence-electron chi connectivity index (χ0n) is 4.94. The average Bonchev–Trinajstić information content (AvgIpc) is 1.87. The molecule has 0 rings (SSSR count). The summed E-state index contributed by atoms with van der Waals surface area (Å²) in [5, 5.41) is 8.33. The molecule has 0 heterocycles. The van der Waals surface area contributed by atoms with Crippen LogP contribution in [0, 0.1) is 0 Å². The van der Waals surface area contributed by atoms with Gasteiger partial charge in [-0.25, -0.2) is 0 Å². The number of nitrogens with zero attached hydrogens (tertiary/aromatic N) is 1. The molecule has 0 saturated carbocycles. The van der Waals surface area contributed by atoms with Crippen LogP contribution in [-0.4, -0.2) is 21.7 Å². The minimum atomic E-state index is -0.999. The normalized spacial score (nSPS) is 10.6. The van der Waals surface area contributed by atoms with Gasteiger partial charge in [-0.2, -0.15) is 0 Å². The van der Waals surface area contributed by atoms with E-state index in [0.29, 0.717) is 0 Å². The number of carboxylic acids is 1. The van der Waals surface area contributed by atoms with Crippen LogP contribution in [0.4, 0.5) is 0 Å². The molecular formula is C5H5N2O2W-. The number of nitrogens with two attached hydrogens (primary N) is 1. The van der Waals surface area contributed by atoms with Crippen molar-refractivity contribution in [2.45, 2.75) is 0 Å². The van der Waals surface area contributed by atoms with Gasteiger partial charge in [0.05, 0.1) is 0 Å². The molecule has 3 N–H and O–H groups in total. The van der Waals surface area contributed by atoms with E-state index < -0.39 is 5.97 Å². The van der Waals surface area contributed by atoms with Crippen LogP contribution in [0.25, 0.3) is 0 Å². The molecule has 5 heteroatoms. The first-order valence-electron chi connectivity index (χ1n) is 2.23. The molecule has 0 aliphatic heterocycles. The van der Waals surface area contributed by atoms with Crippen LogP contribution in [0.5, 0.6) is 0 Å². The molecule has 0 aromatic carbocycles. The minimum absolute atomic E-state index is 0.0207. The number of hydrogen-bond acceptors (Lipinski definition) is 3. The molecular weight excluding hydrogens is 304 g/mol. The first kappa shape index (κ1) is 9.24. The Labute approximate surface area is 68.9 Å². The molecule has 4 nitrogen and oxygen atoms in total. The molecule has 10 heavy (non-hydrogen) atoms. The quantitative estimate of drug-likeness (QED) is 0.528. The van der Waals surface area contributed by atoms with Crippen molar-refractivity contribution in [3.63, 3.8) is 0 Å². The molecule has 54 valence electrons. The maximum absolute atomic E-state index is 10.2. The van der Waals surface area contributed by atoms with Crippen LogP contribution in [-0.2, 0) is 24.1 Å². The monoisotopic (exact) mass is 309 g/mol. The van der Waals surface area contributed by atoms with Gasteiger partial charge in [-0.3, -0.25) is 0 Å². The van der Waals surface area contributed by atoms with Crippen molar-refractivity contribution in [3.8, 4) is 0 Å². The summed E-state index contributed by atoms with van der Waals surface area (Å²) < 4.78 is 0.187. The predicted octanol–water partition coefficient (Wildman–Crippen LogP) is -0.832. The predicted molar refractivity (Wildman–Crippen MR) is 33.4 cm³/mol. The summed E-state index contributed by atoms with van der Waals surface area (Å²) in [6, 6.07) is 0. The standard InChI is InChI=1S/C5H5N2O2.W/c1-7-4(6)2-3-5(8)9;/h1-2H,6H2,(H,8,9);/q-1;/b4-2-;. The molecule has 0 bridgehead atoms. The third-order valence-corrected chi connectivity index (χ3v) is 1.69. The van der Waals surface area contributed by atoms with Crippen LogP contribution in [0.3, 0.4) is 0 Å². The van der Waals surface area contributed by atoms with E-state index in [-0.39, 0.29) is 9.72 Å². The molecule has 0 aromatic rings. The van der Waals surface area contributed by atoms with Crippen LogP contribution in [0.1, 0.15) is 0 Å². The van der Waals surface area contributed by atoms with E-state index in [1.54, 1.807) is 0 Å². The van der Waals surface area contributed by atoms with Crippen molar-refractivity contribution in [2.75, 3.05) is 0 Å². The second kappa shape index (κ2) is 4.12. The van der Waals surface area contributed by atoms with Crippen molar-refractivity contribution in [1.82, 2.24) is 0 Å². The summed E-state index contributed by atoms with van der Waals surface area (Å²) in [4.78, 5) is 13.2. The van der Waals surface area contributed by atoms with E-state index in [0.717, 1.165) is 19.4 Å². The van der Waals surface area contributed by atoms with Crippen molar-refractivity contribution >= 4 is 16.6 Å². The summed E-state index contributed by atoms with van der Waals surface area (Å²) in [5.41, 5.74) is 5.11. The van der Waals surface area contributed by atoms with Crippen LogP contribution in [0.2, 0.25) is 0 Å². The van der Waals surface area contributed by atoms with E-state index in [4.69, 9.17) is 17.6 Å². The number of rotatable bonds is 3. The number of aliphatic imine (C=N–C) groups is 1. The number of aliphatic carboxylic acids is 1. The molecule has 0 aliphatic rings. The van der Waals surface area contributed by atoms with Crippen LogP contribution in [0.15, 0.2) is 16.9 Å². The topological polar surface area (TPSA) is 75.7 Å². The summed E-state index contributed by atoms with van der Waals surface area (Å²) in [6.45, 7) is 4.76. The van der Waals surface area contributed by atoms with Gasteiger partial charge in [0, 0.05) is 0 Å². The average molecular weight is 309 g/mol. The zero-order chi connectivity index (χ0) is 8.15. The second-order valence-corrected chi connectivity index (χ2v) is 2.95. The fraction of sp³-hybridized carbons (Fsp3) is 0. The first-order valence-corrected chi connectivity index (χ1v) is 3.70. The summed E-state index contributed by atoms with van der Waals surface area (Å²) in [7, 11) is 0. The first-order chi connectivity index (χ1) is 4.57. The Bertz CT molecular complexity index is 210. The van der Waals surface area contributed by atoms with Crippen LogP contribution < -0.4 is 5.73 Å². The van der Waals surface area contributed by atoms with Crippen molar-refractivity contribution in [3.05, 3.63) is 11.9 Å². The molecule has 0 fully saturated rings. The molecule has 0 aromatic heterocycles. The molecule has 0 aliphatic carbocycles. The molecule has 0 atom stereocenters. The SMILES string of the molecule is [CH-]=N/C(N)=C\[C](=[W])C(=O)O. The Morgan fingerprint density at radius 3 is 2.60 bits per heavy atom. The number of carbonyl (C=O) groups is 1. The van der Waals surface area contributed by atoms with Crippen molar-refractivity contribution < 1.29 is 29.3 Å². The molecule has 0 radical (unpaired) electrons.